The van der Waals surface area contributed by atoms with E-state index in [-0.39, 0.29) is 16.1 Å². The zero-order valence-electron chi connectivity index (χ0n) is 8.80. The Balaban J connectivity index is 2.99. The van der Waals surface area contributed by atoms with Crippen LogP contribution in [0.1, 0.15) is 20.3 Å². The first-order chi connectivity index (χ1) is 7.02. The second kappa shape index (κ2) is 4.63. The van der Waals surface area contributed by atoms with Crippen molar-refractivity contribution >= 4 is 17.4 Å². The highest BCUT2D eigenvalue weighted by Crippen LogP contribution is 2.19. The number of hydrogen-bond acceptors (Lipinski definition) is 4. The number of nitrogens with one attached hydrogen (secondary N) is 2. The van der Waals surface area contributed by atoms with Gasteiger partial charge in [0.05, 0.1) is 6.33 Å². The van der Waals surface area contributed by atoms with Gasteiger partial charge in [-0.05, 0) is 13.3 Å². The van der Waals surface area contributed by atoms with Crippen LogP contribution in [-0.4, -0.2) is 22.1 Å². The molecular formula is C9H15ClN4O. The minimum absolute atomic E-state index is 0.0608. The summed E-state index contributed by atoms with van der Waals surface area (Å²) in [5.41, 5.74) is 4.98. The van der Waals surface area contributed by atoms with Gasteiger partial charge in [0, 0.05) is 12.1 Å². The predicted octanol–water partition coefficient (Wildman–Crippen LogP) is 0.963. The van der Waals surface area contributed by atoms with Gasteiger partial charge < -0.3 is 16.0 Å². The van der Waals surface area contributed by atoms with E-state index in [1.165, 1.54) is 6.33 Å². The number of H-pyrrole nitrogens is 1. The number of halogens is 1. The molecule has 0 radical (unpaired) electrons. The summed E-state index contributed by atoms with van der Waals surface area (Å²) >= 11 is 5.80. The van der Waals surface area contributed by atoms with Crippen molar-refractivity contribution in [1.29, 1.82) is 0 Å². The maximum absolute atomic E-state index is 11.2. The first-order valence-electron chi connectivity index (χ1n) is 4.74. The Morgan fingerprint density at radius 1 is 1.73 bits per heavy atom. The number of aromatic amines is 1. The van der Waals surface area contributed by atoms with E-state index in [0.717, 1.165) is 6.42 Å². The molecule has 1 heterocycles. The topological polar surface area (TPSA) is 83.8 Å². The lowest BCUT2D eigenvalue weighted by Crippen LogP contribution is -2.42. The Hall–Kier alpha value is -1.07. The molecule has 0 spiro atoms. The molecule has 0 aliphatic rings. The molecule has 1 unspecified atom stereocenters. The van der Waals surface area contributed by atoms with Crippen LogP contribution < -0.4 is 16.6 Å². The average molecular weight is 231 g/mol. The second-order valence-corrected chi connectivity index (χ2v) is 4.02. The van der Waals surface area contributed by atoms with E-state index in [9.17, 15) is 4.79 Å². The first kappa shape index (κ1) is 12.0. The minimum atomic E-state index is -0.357. The van der Waals surface area contributed by atoms with Gasteiger partial charge in [-0.15, -0.1) is 0 Å². The molecule has 0 aromatic carbocycles. The third-order valence-electron chi connectivity index (χ3n) is 2.45. The Bertz CT molecular complexity index is 386. The van der Waals surface area contributed by atoms with Crippen molar-refractivity contribution in [3.05, 3.63) is 21.7 Å². The molecule has 4 N–H and O–H groups in total. The Kier molecular flexibility index (Phi) is 3.71. The van der Waals surface area contributed by atoms with Crippen LogP contribution in [0.5, 0.6) is 0 Å². The number of aromatic nitrogens is 2. The van der Waals surface area contributed by atoms with Crippen LogP contribution in [0.4, 0.5) is 5.82 Å². The van der Waals surface area contributed by atoms with Crippen molar-refractivity contribution in [3.8, 4) is 0 Å². The molecular weight excluding hydrogens is 216 g/mol. The lowest BCUT2D eigenvalue weighted by atomic mass is 9.99. The molecule has 0 aliphatic heterocycles. The van der Waals surface area contributed by atoms with Crippen molar-refractivity contribution in [2.45, 2.75) is 25.8 Å². The Labute approximate surface area is 93.0 Å². The summed E-state index contributed by atoms with van der Waals surface area (Å²) in [5.74, 6) is 0.371. The van der Waals surface area contributed by atoms with E-state index in [0.29, 0.717) is 12.4 Å². The normalized spacial score (nSPS) is 14.7. The SMILES string of the molecule is CCC(C)(CN)Nc1nc[nH]c(=O)c1Cl. The van der Waals surface area contributed by atoms with Crippen molar-refractivity contribution in [2.75, 3.05) is 11.9 Å². The lowest BCUT2D eigenvalue weighted by molar-refractivity contribution is 0.504. The van der Waals surface area contributed by atoms with E-state index in [4.69, 9.17) is 17.3 Å². The molecule has 0 fully saturated rings. The van der Waals surface area contributed by atoms with Gasteiger partial charge in [0.2, 0.25) is 0 Å². The zero-order valence-corrected chi connectivity index (χ0v) is 9.56. The quantitative estimate of drug-likeness (QED) is 0.720. The van der Waals surface area contributed by atoms with Gasteiger partial charge >= 0.3 is 0 Å². The maximum atomic E-state index is 11.2. The molecule has 6 heteroatoms. The molecule has 0 amide bonds. The number of anilines is 1. The van der Waals surface area contributed by atoms with Gasteiger partial charge in [0.25, 0.3) is 5.56 Å². The van der Waals surface area contributed by atoms with Gasteiger partial charge in [-0.3, -0.25) is 4.79 Å². The number of nitrogens with zero attached hydrogens (tertiary/aromatic N) is 1. The van der Waals surface area contributed by atoms with Crippen LogP contribution in [0.2, 0.25) is 5.02 Å². The summed E-state index contributed by atoms with van der Waals surface area (Å²) in [6, 6.07) is 0. The number of hydrogen-bond donors (Lipinski definition) is 3. The molecule has 5 nitrogen and oxygen atoms in total. The average Bonchev–Trinajstić information content (AvgIpc) is 2.25. The van der Waals surface area contributed by atoms with Crippen LogP contribution in [0.15, 0.2) is 11.1 Å². The summed E-state index contributed by atoms with van der Waals surface area (Å²) < 4.78 is 0. The number of nitrogens with two attached hydrogens (primary N) is 1. The van der Waals surface area contributed by atoms with E-state index in [2.05, 4.69) is 15.3 Å². The lowest BCUT2D eigenvalue weighted by Gasteiger charge is -2.28. The van der Waals surface area contributed by atoms with Gasteiger partial charge in [0.1, 0.15) is 5.02 Å². The summed E-state index contributed by atoms with van der Waals surface area (Å²) in [5, 5.41) is 3.14. The van der Waals surface area contributed by atoms with E-state index < -0.39 is 0 Å². The highest BCUT2D eigenvalue weighted by Gasteiger charge is 2.21. The van der Waals surface area contributed by atoms with Crippen LogP contribution >= 0.6 is 11.6 Å². The monoisotopic (exact) mass is 230 g/mol. The van der Waals surface area contributed by atoms with Gasteiger partial charge in [-0.25, -0.2) is 4.98 Å². The van der Waals surface area contributed by atoms with Crippen molar-refractivity contribution in [3.63, 3.8) is 0 Å². The third-order valence-corrected chi connectivity index (χ3v) is 2.80. The van der Waals surface area contributed by atoms with Gasteiger partial charge in [-0.2, -0.15) is 0 Å². The standard InChI is InChI=1S/C9H15ClN4O/c1-3-9(2,4-11)14-7-6(10)8(15)13-5-12-7/h5H,3-4,11H2,1-2H3,(H2,12,13,14,15). The second-order valence-electron chi connectivity index (χ2n) is 3.64. The molecule has 0 saturated heterocycles. The van der Waals surface area contributed by atoms with Crippen molar-refractivity contribution < 1.29 is 0 Å². The van der Waals surface area contributed by atoms with Crippen LogP contribution in [0.25, 0.3) is 0 Å². The van der Waals surface area contributed by atoms with Crippen LogP contribution in [-0.2, 0) is 0 Å². The first-order valence-corrected chi connectivity index (χ1v) is 5.11. The summed E-state index contributed by atoms with van der Waals surface area (Å²) in [6.07, 6.45) is 2.12. The summed E-state index contributed by atoms with van der Waals surface area (Å²) in [6.45, 7) is 4.39. The fourth-order valence-corrected chi connectivity index (χ4v) is 1.19. The highest BCUT2D eigenvalue weighted by molar-refractivity contribution is 6.32. The van der Waals surface area contributed by atoms with Gasteiger partial charge in [-0.1, -0.05) is 18.5 Å². The zero-order chi connectivity index (χ0) is 11.5. The Morgan fingerprint density at radius 2 is 2.40 bits per heavy atom. The number of rotatable bonds is 4. The molecule has 0 bridgehead atoms. The minimum Gasteiger partial charge on any atom is -0.362 e. The molecule has 1 aromatic rings. The molecule has 1 atom stereocenters. The van der Waals surface area contributed by atoms with Crippen molar-refractivity contribution in [1.82, 2.24) is 9.97 Å². The molecule has 0 saturated carbocycles. The maximum Gasteiger partial charge on any atom is 0.271 e. The molecule has 1 rings (SSSR count). The van der Waals surface area contributed by atoms with Crippen LogP contribution in [0.3, 0.4) is 0 Å². The summed E-state index contributed by atoms with van der Waals surface area (Å²) in [7, 11) is 0. The predicted molar refractivity (Wildman–Crippen MR) is 61.2 cm³/mol. The molecule has 15 heavy (non-hydrogen) atoms. The Morgan fingerprint density at radius 3 is 2.93 bits per heavy atom. The third kappa shape index (κ3) is 2.70. The van der Waals surface area contributed by atoms with Gasteiger partial charge in [0.15, 0.2) is 5.82 Å². The van der Waals surface area contributed by atoms with Crippen molar-refractivity contribution in [2.24, 2.45) is 5.73 Å². The van der Waals surface area contributed by atoms with Crippen LogP contribution in [0, 0.1) is 0 Å². The van der Waals surface area contributed by atoms with E-state index >= 15 is 0 Å². The fourth-order valence-electron chi connectivity index (χ4n) is 1.04. The van der Waals surface area contributed by atoms with E-state index in [1.807, 2.05) is 13.8 Å². The molecule has 84 valence electrons. The largest absolute Gasteiger partial charge is 0.362 e. The smallest absolute Gasteiger partial charge is 0.271 e. The molecule has 0 aliphatic carbocycles. The summed E-state index contributed by atoms with van der Waals surface area (Å²) in [4.78, 5) is 17.6. The van der Waals surface area contributed by atoms with E-state index in [1.54, 1.807) is 0 Å². The fraction of sp³-hybridized carbons (Fsp3) is 0.556. The molecule has 1 aromatic heterocycles. The highest BCUT2D eigenvalue weighted by atomic mass is 35.5.